The number of anilines is 2. The molecular weight excluding hydrogens is 192 g/mol. The van der Waals surface area contributed by atoms with Gasteiger partial charge in [0.2, 0.25) is 5.88 Å². The van der Waals surface area contributed by atoms with Crippen molar-refractivity contribution in [3.05, 3.63) is 30.0 Å². The van der Waals surface area contributed by atoms with E-state index in [0.717, 1.165) is 5.69 Å². The summed E-state index contributed by atoms with van der Waals surface area (Å²) in [4.78, 5) is 0. The van der Waals surface area contributed by atoms with Crippen molar-refractivity contribution in [2.45, 2.75) is 6.92 Å². The Labute approximate surface area is 87.0 Å². The molecule has 0 aliphatic heterocycles. The van der Waals surface area contributed by atoms with Gasteiger partial charge in [0.25, 0.3) is 0 Å². The van der Waals surface area contributed by atoms with Crippen LogP contribution in [0.1, 0.15) is 5.69 Å². The zero-order chi connectivity index (χ0) is 10.8. The van der Waals surface area contributed by atoms with Crippen LogP contribution in [-0.4, -0.2) is 10.2 Å². The predicted octanol–water partition coefficient (Wildman–Crippen LogP) is 1.67. The molecule has 0 fully saturated rings. The van der Waals surface area contributed by atoms with E-state index in [9.17, 15) is 0 Å². The SMILES string of the molecule is Cc1cc(Oc2ccc(N)c(N)c2)n[nH]1. The van der Waals surface area contributed by atoms with Crippen molar-refractivity contribution in [3.8, 4) is 11.6 Å². The highest BCUT2D eigenvalue weighted by Crippen LogP contribution is 2.25. The second-order valence-corrected chi connectivity index (χ2v) is 3.28. The first-order valence-corrected chi connectivity index (χ1v) is 4.50. The molecule has 78 valence electrons. The largest absolute Gasteiger partial charge is 0.437 e. The Morgan fingerprint density at radius 2 is 2.00 bits per heavy atom. The van der Waals surface area contributed by atoms with Crippen LogP contribution in [0.4, 0.5) is 11.4 Å². The number of nitrogens with two attached hydrogens (primary N) is 2. The summed E-state index contributed by atoms with van der Waals surface area (Å²) in [5, 5.41) is 6.73. The topological polar surface area (TPSA) is 89.9 Å². The van der Waals surface area contributed by atoms with Crippen molar-refractivity contribution in [3.63, 3.8) is 0 Å². The van der Waals surface area contributed by atoms with Gasteiger partial charge in [0.1, 0.15) is 5.75 Å². The maximum atomic E-state index is 5.65. The number of nitrogen functional groups attached to an aromatic ring is 2. The first-order valence-electron chi connectivity index (χ1n) is 4.50. The zero-order valence-corrected chi connectivity index (χ0v) is 8.32. The van der Waals surface area contributed by atoms with E-state index in [1.54, 1.807) is 24.3 Å². The highest BCUT2D eigenvalue weighted by molar-refractivity contribution is 5.65. The smallest absolute Gasteiger partial charge is 0.238 e. The second-order valence-electron chi connectivity index (χ2n) is 3.28. The van der Waals surface area contributed by atoms with Gasteiger partial charge in [0.05, 0.1) is 11.4 Å². The summed E-state index contributed by atoms with van der Waals surface area (Å²) < 4.78 is 5.46. The summed E-state index contributed by atoms with van der Waals surface area (Å²) in [6, 6.07) is 6.91. The molecule has 15 heavy (non-hydrogen) atoms. The van der Waals surface area contributed by atoms with Crippen molar-refractivity contribution < 1.29 is 4.74 Å². The number of aromatic amines is 1. The molecule has 1 aromatic carbocycles. The van der Waals surface area contributed by atoms with Gasteiger partial charge in [-0.15, -0.1) is 5.10 Å². The van der Waals surface area contributed by atoms with Gasteiger partial charge in [-0.25, -0.2) is 0 Å². The van der Waals surface area contributed by atoms with Gasteiger partial charge in [0.15, 0.2) is 0 Å². The van der Waals surface area contributed by atoms with E-state index in [1.807, 2.05) is 6.92 Å². The molecule has 0 spiro atoms. The predicted molar refractivity (Wildman–Crippen MR) is 58.7 cm³/mol. The molecule has 2 rings (SSSR count). The van der Waals surface area contributed by atoms with Crippen molar-refractivity contribution >= 4 is 11.4 Å². The van der Waals surface area contributed by atoms with Crippen LogP contribution < -0.4 is 16.2 Å². The zero-order valence-electron chi connectivity index (χ0n) is 8.32. The van der Waals surface area contributed by atoms with Gasteiger partial charge in [-0.2, -0.15) is 0 Å². The van der Waals surface area contributed by atoms with Gasteiger partial charge in [-0.05, 0) is 19.1 Å². The lowest BCUT2D eigenvalue weighted by Crippen LogP contribution is -1.94. The van der Waals surface area contributed by atoms with E-state index >= 15 is 0 Å². The number of ether oxygens (including phenoxy) is 1. The Morgan fingerprint density at radius 1 is 1.20 bits per heavy atom. The van der Waals surface area contributed by atoms with E-state index < -0.39 is 0 Å². The number of hydrogen-bond acceptors (Lipinski definition) is 4. The summed E-state index contributed by atoms with van der Waals surface area (Å²) >= 11 is 0. The average Bonchev–Trinajstić information content (AvgIpc) is 2.58. The van der Waals surface area contributed by atoms with Crippen LogP contribution in [0, 0.1) is 6.92 Å². The summed E-state index contributed by atoms with van der Waals surface area (Å²) in [6.07, 6.45) is 0. The molecule has 0 atom stereocenters. The molecule has 0 radical (unpaired) electrons. The number of rotatable bonds is 2. The van der Waals surface area contributed by atoms with Crippen molar-refractivity contribution in [2.75, 3.05) is 11.5 Å². The molecule has 0 aliphatic carbocycles. The van der Waals surface area contributed by atoms with Gasteiger partial charge >= 0.3 is 0 Å². The van der Waals surface area contributed by atoms with Crippen LogP contribution in [0.3, 0.4) is 0 Å². The maximum absolute atomic E-state index is 5.65. The van der Waals surface area contributed by atoms with Crippen LogP contribution in [0.15, 0.2) is 24.3 Å². The Balaban J connectivity index is 2.21. The Morgan fingerprint density at radius 3 is 2.60 bits per heavy atom. The third-order valence-corrected chi connectivity index (χ3v) is 1.96. The normalized spacial score (nSPS) is 10.2. The Bertz CT molecular complexity index is 478. The van der Waals surface area contributed by atoms with E-state index in [4.69, 9.17) is 16.2 Å². The molecular formula is C10H12N4O. The van der Waals surface area contributed by atoms with Crippen LogP contribution in [0.2, 0.25) is 0 Å². The number of aryl methyl sites for hydroxylation is 1. The molecule has 0 unspecified atom stereocenters. The fourth-order valence-electron chi connectivity index (χ4n) is 1.18. The highest BCUT2D eigenvalue weighted by atomic mass is 16.5. The van der Waals surface area contributed by atoms with E-state index in [-0.39, 0.29) is 0 Å². The number of benzene rings is 1. The third-order valence-electron chi connectivity index (χ3n) is 1.96. The summed E-state index contributed by atoms with van der Waals surface area (Å²) in [7, 11) is 0. The Hall–Kier alpha value is -2.17. The summed E-state index contributed by atoms with van der Waals surface area (Å²) in [6.45, 7) is 1.90. The highest BCUT2D eigenvalue weighted by Gasteiger charge is 2.02. The lowest BCUT2D eigenvalue weighted by Gasteiger charge is -2.04. The molecule has 0 saturated carbocycles. The maximum Gasteiger partial charge on any atom is 0.238 e. The standard InChI is InChI=1S/C10H12N4O/c1-6-4-10(14-13-6)15-7-2-3-8(11)9(12)5-7/h2-5H,11-12H2,1H3,(H,13,14). The van der Waals surface area contributed by atoms with Gasteiger partial charge in [-0.3, -0.25) is 5.10 Å². The van der Waals surface area contributed by atoms with Gasteiger partial charge in [-0.1, -0.05) is 0 Å². The van der Waals surface area contributed by atoms with Crippen molar-refractivity contribution in [1.82, 2.24) is 10.2 Å². The fourth-order valence-corrected chi connectivity index (χ4v) is 1.18. The molecule has 0 bridgehead atoms. The molecule has 0 aliphatic rings. The summed E-state index contributed by atoms with van der Waals surface area (Å²) in [5.41, 5.74) is 13.2. The van der Waals surface area contributed by atoms with Crippen LogP contribution in [0.5, 0.6) is 11.6 Å². The van der Waals surface area contributed by atoms with E-state index in [0.29, 0.717) is 23.0 Å². The van der Waals surface area contributed by atoms with E-state index in [2.05, 4.69) is 10.2 Å². The fraction of sp³-hybridized carbons (Fsp3) is 0.100. The number of hydrogen-bond donors (Lipinski definition) is 3. The quantitative estimate of drug-likeness (QED) is 0.649. The van der Waals surface area contributed by atoms with Gasteiger partial charge < -0.3 is 16.2 Å². The van der Waals surface area contributed by atoms with Crippen LogP contribution in [-0.2, 0) is 0 Å². The number of aromatic nitrogens is 2. The number of H-pyrrole nitrogens is 1. The van der Waals surface area contributed by atoms with Crippen LogP contribution >= 0.6 is 0 Å². The number of nitrogens with zero attached hydrogens (tertiary/aromatic N) is 1. The molecule has 5 nitrogen and oxygen atoms in total. The molecule has 1 aromatic heterocycles. The molecule has 1 heterocycles. The third kappa shape index (κ3) is 2.01. The minimum absolute atomic E-state index is 0.500. The van der Waals surface area contributed by atoms with E-state index in [1.165, 1.54) is 0 Å². The van der Waals surface area contributed by atoms with Crippen molar-refractivity contribution in [2.24, 2.45) is 0 Å². The monoisotopic (exact) mass is 204 g/mol. The molecule has 2 aromatic rings. The molecule has 5 heteroatoms. The first-order chi connectivity index (χ1) is 7.15. The lowest BCUT2D eigenvalue weighted by atomic mass is 10.2. The molecule has 0 saturated heterocycles. The van der Waals surface area contributed by atoms with Crippen molar-refractivity contribution in [1.29, 1.82) is 0 Å². The summed E-state index contributed by atoms with van der Waals surface area (Å²) in [5.74, 6) is 1.13. The second kappa shape index (κ2) is 3.53. The molecule has 0 amide bonds. The number of nitrogens with one attached hydrogen (secondary N) is 1. The minimum Gasteiger partial charge on any atom is -0.437 e. The van der Waals surface area contributed by atoms with Gasteiger partial charge in [0, 0.05) is 17.8 Å². The lowest BCUT2D eigenvalue weighted by molar-refractivity contribution is 0.462. The molecule has 5 N–H and O–H groups in total. The first kappa shape index (κ1) is 9.39. The average molecular weight is 204 g/mol. The Kier molecular flexibility index (Phi) is 2.21. The minimum atomic E-state index is 0.500. The van der Waals surface area contributed by atoms with Crippen LogP contribution in [0.25, 0.3) is 0 Å².